The lowest BCUT2D eigenvalue weighted by Gasteiger charge is -2.12. The molecule has 25 heavy (non-hydrogen) atoms. The number of benzene rings is 1. The molecule has 0 saturated carbocycles. The number of nitrogens with one attached hydrogen (secondary N) is 2. The van der Waals surface area contributed by atoms with Gasteiger partial charge in [-0.2, -0.15) is 11.8 Å². The molecule has 1 unspecified atom stereocenters. The fraction of sp³-hybridized carbons (Fsp3) is 0.167. The standard InChI is InChI=1S/C18H17N3O3S/c1-11(25-2)17(22)20-21-18(23)13-10-15(16-8-5-9-24-16)19-14-7-4-3-6-12(13)14/h3-11H,1-2H3,(H,20,22)(H,21,23). The average Bonchev–Trinajstić information content (AvgIpc) is 3.19. The van der Waals surface area contributed by atoms with Crippen molar-refractivity contribution in [3.05, 3.63) is 54.3 Å². The number of para-hydroxylation sites is 1. The van der Waals surface area contributed by atoms with Crippen molar-refractivity contribution in [3.63, 3.8) is 0 Å². The number of hydrogen-bond donors (Lipinski definition) is 2. The molecule has 0 radical (unpaired) electrons. The number of pyridine rings is 1. The Bertz CT molecular complexity index is 909. The van der Waals surface area contributed by atoms with Crippen LogP contribution in [0, 0.1) is 0 Å². The van der Waals surface area contributed by atoms with Crippen LogP contribution in [-0.4, -0.2) is 28.3 Å². The molecule has 3 rings (SSSR count). The summed E-state index contributed by atoms with van der Waals surface area (Å²) in [5, 5.41) is 0.440. The number of thioether (sulfide) groups is 1. The van der Waals surface area contributed by atoms with Crippen LogP contribution in [0.3, 0.4) is 0 Å². The quantitative estimate of drug-likeness (QED) is 0.703. The van der Waals surface area contributed by atoms with Crippen molar-refractivity contribution in [2.45, 2.75) is 12.2 Å². The minimum absolute atomic E-state index is 0.256. The molecule has 0 fully saturated rings. The van der Waals surface area contributed by atoms with Crippen LogP contribution in [0.5, 0.6) is 0 Å². The van der Waals surface area contributed by atoms with Gasteiger partial charge in [0.1, 0.15) is 5.69 Å². The van der Waals surface area contributed by atoms with E-state index in [0.29, 0.717) is 27.9 Å². The number of nitrogens with zero attached hydrogens (tertiary/aromatic N) is 1. The van der Waals surface area contributed by atoms with E-state index in [1.807, 2.05) is 30.5 Å². The predicted molar refractivity (Wildman–Crippen MR) is 98.0 cm³/mol. The van der Waals surface area contributed by atoms with Crippen LogP contribution in [0.1, 0.15) is 17.3 Å². The van der Waals surface area contributed by atoms with Gasteiger partial charge < -0.3 is 4.42 Å². The van der Waals surface area contributed by atoms with Crippen molar-refractivity contribution < 1.29 is 14.0 Å². The lowest BCUT2D eigenvalue weighted by Crippen LogP contribution is -2.44. The fourth-order valence-electron chi connectivity index (χ4n) is 2.31. The number of carbonyl (C=O) groups is 2. The van der Waals surface area contributed by atoms with E-state index in [9.17, 15) is 9.59 Å². The molecule has 7 heteroatoms. The number of aromatic nitrogens is 1. The highest BCUT2D eigenvalue weighted by atomic mass is 32.2. The Morgan fingerprint density at radius 1 is 1.16 bits per heavy atom. The van der Waals surface area contributed by atoms with Crippen LogP contribution >= 0.6 is 11.8 Å². The maximum absolute atomic E-state index is 12.6. The molecule has 0 aliphatic carbocycles. The van der Waals surface area contributed by atoms with Gasteiger partial charge in [0.2, 0.25) is 0 Å². The summed E-state index contributed by atoms with van der Waals surface area (Å²) in [6.45, 7) is 1.77. The maximum atomic E-state index is 12.6. The molecule has 0 aliphatic rings. The molecule has 2 aromatic heterocycles. The third-order valence-corrected chi connectivity index (χ3v) is 4.68. The zero-order valence-electron chi connectivity index (χ0n) is 13.8. The first-order valence-electron chi connectivity index (χ1n) is 7.67. The monoisotopic (exact) mass is 355 g/mol. The molecule has 2 amide bonds. The van der Waals surface area contributed by atoms with E-state index >= 15 is 0 Å². The Hall–Kier alpha value is -2.80. The van der Waals surface area contributed by atoms with Gasteiger partial charge in [0, 0.05) is 5.39 Å². The minimum atomic E-state index is -0.409. The second-order valence-electron chi connectivity index (χ2n) is 5.37. The third kappa shape index (κ3) is 3.66. The Balaban J connectivity index is 1.94. The summed E-state index contributed by atoms with van der Waals surface area (Å²) in [6.07, 6.45) is 3.38. The minimum Gasteiger partial charge on any atom is -0.463 e. The molecule has 1 atom stereocenters. The summed E-state index contributed by atoms with van der Waals surface area (Å²) in [7, 11) is 0. The van der Waals surface area contributed by atoms with E-state index in [1.54, 1.807) is 31.4 Å². The van der Waals surface area contributed by atoms with Gasteiger partial charge in [-0.05, 0) is 37.4 Å². The van der Waals surface area contributed by atoms with E-state index in [1.165, 1.54) is 11.8 Å². The van der Waals surface area contributed by atoms with Gasteiger partial charge in [-0.15, -0.1) is 0 Å². The molecule has 2 heterocycles. The second kappa shape index (κ2) is 7.40. The zero-order chi connectivity index (χ0) is 17.8. The SMILES string of the molecule is CSC(C)C(=O)NNC(=O)c1cc(-c2ccco2)nc2ccccc12. The molecular weight excluding hydrogens is 338 g/mol. The van der Waals surface area contributed by atoms with Gasteiger partial charge in [-0.25, -0.2) is 4.98 Å². The normalized spacial score (nSPS) is 11.9. The number of amides is 2. The summed E-state index contributed by atoms with van der Waals surface area (Å²) >= 11 is 1.40. The van der Waals surface area contributed by atoms with Gasteiger partial charge in [0.15, 0.2) is 5.76 Å². The van der Waals surface area contributed by atoms with Crippen LogP contribution < -0.4 is 10.9 Å². The zero-order valence-corrected chi connectivity index (χ0v) is 14.6. The maximum Gasteiger partial charge on any atom is 0.270 e. The summed E-state index contributed by atoms with van der Waals surface area (Å²) in [5.74, 6) is -0.0987. The molecule has 1 aromatic carbocycles. The highest BCUT2D eigenvalue weighted by Gasteiger charge is 2.17. The van der Waals surface area contributed by atoms with Crippen molar-refractivity contribution in [1.29, 1.82) is 0 Å². The first-order chi connectivity index (χ1) is 12.1. The Morgan fingerprint density at radius 3 is 2.68 bits per heavy atom. The van der Waals surface area contributed by atoms with Crippen LogP contribution in [-0.2, 0) is 4.79 Å². The van der Waals surface area contributed by atoms with Crippen LogP contribution in [0.15, 0.2) is 53.1 Å². The van der Waals surface area contributed by atoms with Gasteiger partial charge in [0.25, 0.3) is 11.8 Å². The van der Waals surface area contributed by atoms with Gasteiger partial charge in [-0.1, -0.05) is 18.2 Å². The number of carbonyl (C=O) groups excluding carboxylic acids is 2. The van der Waals surface area contributed by atoms with E-state index in [0.717, 1.165) is 0 Å². The molecule has 6 nitrogen and oxygen atoms in total. The molecule has 0 spiro atoms. The highest BCUT2D eigenvalue weighted by molar-refractivity contribution is 7.99. The largest absolute Gasteiger partial charge is 0.463 e. The molecule has 0 aliphatic heterocycles. The van der Waals surface area contributed by atoms with E-state index in [2.05, 4.69) is 15.8 Å². The fourth-order valence-corrected chi connectivity index (χ4v) is 2.58. The topological polar surface area (TPSA) is 84.2 Å². The molecule has 0 saturated heterocycles. The molecule has 3 aromatic rings. The first-order valence-corrected chi connectivity index (χ1v) is 8.95. The average molecular weight is 355 g/mol. The second-order valence-corrected chi connectivity index (χ2v) is 6.55. The summed E-state index contributed by atoms with van der Waals surface area (Å²) in [6, 6.07) is 12.5. The van der Waals surface area contributed by atoms with E-state index in [-0.39, 0.29) is 11.2 Å². The number of hydrazine groups is 1. The molecule has 2 N–H and O–H groups in total. The summed E-state index contributed by atoms with van der Waals surface area (Å²) < 4.78 is 5.38. The lowest BCUT2D eigenvalue weighted by atomic mass is 10.1. The van der Waals surface area contributed by atoms with Crippen molar-refractivity contribution in [2.24, 2.45) is 0 Å². The summed E-state index contributed by atoms with van der Waals surface area (Å²) in [4.78, 5) is 29.0. The lowest BCUT2D eigenvalue weighted by molar-refractivity contribution is -0.121. The van der Waals surface area contributed by atoms with Gasteiger partial charge >= 0.3 is 0 Å². The first kappa shape index (κ1) is 17.0. The number of furan rings is 1. The van der Waals surface area contributed by atoms with Crippen molar-refractivity contribution >= 4 is 34.5 Å². The Morgan fingerprint density at radius 2 is 1.96 bits per heavy atom. The number of fused-ring (bicyclic) bond motifs is 1. The van der Waals surface area contributed by atoms with Gasteiger partial charge in [0.05, 0.1) is 22.6 Å². The van der Waals surface area contributed by atoms with E-state index in [4.69, 9.17) is 4.42 Å². The van der Waals surface area contributed by atoms with Crippen molar-refractivity contribution in [1.82, 2.24) is 15.8 Å². The summed E-state index contributed by atoms with van der Waals surface area (Å²) in [5.41, 5.74) is 6.55. The van der Waals surface area contributed by atoms with Crippen molar-refractivity contribution in [3.8, 4) is 11.5 Å². The van der Waals surface area contributed by atoms with Gasteiger partial charge in [-0.3, -0.25) is 20.4 Å². The molecular formula is C18H17N3O3S. The highest BCUT2D eigenvalue weighted by Crippen LogP contribution is 2.25. The van der Waals surface area contributed by atoms with Crippen LogP contribution in [0.2, 0.25) is 0 Å². The molecule has 0 bridgehead atoms. The van der Waals surface area contributed by atoms with Crippen LogP contribution in [0.25, 0.3) is 22.4 Å². The van der Waals surface area contributed by atoms with E-state index < -0.39 is 5.91 Å². The van der Waals surface area contributed by atoms with Crippen molar-refractivity contribution in [2.75, 3.05) is 6.26 Å². The Labute approximate surface area is 149 Å². The number of rotatable bonds is 4. The Kier molecular flexibility index (Phi) is 5.04. The van der Waals surface area contributed by atoms with Crippen LogP contribution in [0.4, 0.5) is 0 Å². The molecule has 128 valence electrons. The predicted octanol–water partition coefficient (Wildman–Crippen LogP) is 3.01. The third-order valence-electron chi connectivity index (χ3n) is 3.76. The number of hydrogen-bond acceptors (Lipinski definition) is 5. The smallest absolute Gasteiger partial charge is 0.270 e.